The highest BCUT2D eigenvalue weighted by Crippen LogP contribution is 2.23. The van der Waals surface area contributed by atoms with E-state index in [1.165, 1.54) is 6.92 Å². The van der Waals surface area contributed by atoms with Crippen LogP contribution in [0.4, 0.5) is 0 Å². The van der Waals surface area contributed by atoms with Crippen molar-refractivity contribution in [3.63, 3.8) is 0 Å². The lowest BCUT2D eigenvalue weighted by atomic mass is 9.93. The number of carboxylic acid groups (broad SMARTS) is 1. The van der Waals surface area contributed by atoms with Crippen LogP contribution in [0.15, 0.2) is 24.0 Å². The van der Waals surface area contributed by atoms with Crippen LogP contribution in [0.1, 0.15) is 6.92 Å². The molecule has 9 heteroatoms. The molecule has 0 saturated heterocycles. The predicted molar refractivity (Wildman–Crippen MR) is 72.4 cm³/mol. The Morgan fingerprint density at radius 2 is 2.05 bits per heavy atom. The van der Waals surface area contributed by atoms with Crippen LogP contribution < -0.4 is 5.32 Å². The van der Waals surface area contributed by atoms with Gasteiger partial charge in [-0.1, -0.05) is 6.58 Å². The summed E-state index contributed by atoms with van der Waals surface area (Å²) in [4.78, 5) is 22.6. The summed E-state index contributed by atoms with van der Waals surface area (Å²) in [5.41, 5.74) is 0.121. The van der Waals surface area contributed by atoms with E-state index in [4.69, 9.17) is 14.9 Å². The molecule has 1 amide bonds. The van der Waals surface area contributed by atoms with E-state index < -0.39 is 54.7 Å². The summed E-state index contributed by atoms with van der Waals surface area (Å²) in [5, 5.41) is 49.5. The van der Waals surface area contributed by atoms with Gasteiger partial charge >= 0.3 is 5.97 Å². The van der Waals surface area contributed by atoms with Gasteiger partial charge in [0.2, 0.25) is 11.7 Å². The molecule has 0 bridgehead atoms. The number of hydrogen-bond donors (Lipinski definition) is 6. The summed E-state index contributed by atoms with van der Waals surface area (Å²) in [7, 11) is 0. The third-order valence-corrected chi connectivity index (χ3v) is 3.12. The Balaban J connectivity index is 3.08. The highest BCUT2D eigenvalue weighted by Gasteiger charge is 2.43. The molecule has 1 rings (SSSR count). The topological polar surface area (TPSA) is 157 Å². The molecule has 0 spiro atoms. The summed E-state index contributed by atoms with van der Waals surface area (Å²) in [5.74, 6) is -2.77. The molecule has 9 nitrogen and oxygen atoms in total. The van der Waals surface area contributed by atoms with Gasteiger partial charge in [-0.3, -0.25) is 4.79 Å². The second-order valence-electron chi connectivity index (χ2n) is 4.93. The highest BCUT2D eigenvalue weighted by molar-refractivity contribution is 5.92. The second kappa shape index (κ2) is 7.36. The van der Waals surface area contributed by atoms with Crippen LogP contribution in [0, 0.1) is 0 Å². The Morgan fingerprint density at radius 3 is 2.50 bits per heavy atom. The lowest BCUT2D eigenvalue weighted by Gasteiger charge is -2.38. The van der Waals surface area contributed by atoms with Gasteiger partial charge < -0.3 is 35.6 Å². The minimum atomic E-state index is -1.74. The largest absolute Gasteiger partial charge is 0.478 e. The average Bonchev–Trinajstić information content (AvgIpc) is 2.46. The molecule has 5 atom stereocenters. The number of carboxylic acids is 1. The predicted octanol–water partition coefficient (Wildman–Crippen LogP) is -2.51. The maximum absolute atomic E-state index is 11.7. The molecule has 1 aliphatic rings. The zero-order chi connectivity index (χ0) is 17.0. The molecule has 1 aliphatic heterocycles. The highest BCUT2D eigenvalue weighted by atomic mass is 16.5. The normalized spacial score (nSPS) is 27.1. The number of ether oxygens (including phenoxy) is 1. The molecule has 0 aromatic heterocycles. The number of amides is 1. The fraction of sp³-hybridized carbons (Fsp3) is 0.538. The Morgan fingerprint density at radius 1 is 1.45 bits per heavy atom. The number of aliphatic hydroxyl groups is 4. The van der Waals surface area contributed by atoms with Crippen LogP contribution in [-0.2, 0) is 14.3 Å². The molecule has 0 radical (unpaired) electrons. The van der Waals surface area contributed by atoms with E-state index >= 15 is 0 Å². The number of aliphatic hydroxyl groups excluding tert-OH is 4. The van der Waals surface area contributed by atoms with Crippen molar-refractivity contribution in [3.05, 3.63) is 24.0 Å². The molecule has 1 heterocycles. The number of carbonyl (C=O) groups is 2. The van der Waals surface area contributed by atoms with E-state index in [-0.39, 0.29) is 5.57 Å². The minimum Gasteiger partial charge on any atom is -0.478 e. The molecular formula is C13H19NO8. The maximum atomic E-state index is 11.7. The van der Waals surface area contributed by atoms with Crippen molar-refractivity contribution >= 4 is 11.9 Å². The molecule has 0 aromatic carbocycles. The molecule has 1 unspecified atom stereocenters. The fourth-order valence-corrected chi connectivity index (χ4v) is 1.89. The summed E-state index contributed by atoms with van der Waals surface area (Å²) < 4.78 is 5.03. The van der Waals surface area contributed by atoms with Crippen LogP contribution in [0.2, 0.25) is 0 Å². The summed E-state index contributed by atoms with van der Waals surface area (Å²) in [6.45, 7) is 4.01. The molecule has 0 saturated carbocycles. The molecule has 0 aromatic rings. The van der Waals surface area contributed by atoms with Crippen molar-refractivity contribution < 1.29 is 39.9 Å². The smallest absolute Gasteiger partial charge is 0.370 e. The summed E-state index contributed by atoms with van der Waals surface area (Å²) in [6.07, 6.45) is -5.47. The van der Waals surface area contributed by atoms with Crippen LogP contribution in [0.3, 0.4) is 0 Å². The van der Waals surface area contributed by atoms with Crippen molar-refractivity contribution in [2.24, 2.45) is 0 Å². The van der Waals surface area contributed by atoms with Gasteiger partial charge in [-0.15, -0.1) is 0 Å². The summed E-state index contributed by atoms with van der Waals surface area (Å²) in [6, 6.07) is -1.23. The minimum absolute atomic E-state index is 0.121. The molecule has 0 fully saturated rings. The molecule has 6 N–H and O–H groups in total. The van der Waals surface area contributed by atoms with E-state index in [1.807, 2.05) is 0 Å². The first-order chi connectivity index (χ1) is 10.2. The number of carbonyl (C=O) groups excluding carboxylic acids is 1. The molecule has 124 valence electrons. The van der Waals surface area contributed by atoms with E-state index in [0.29, 0.717) is 0 Å². The summed E-state index contributed by atoms with van der Waals surface area (Å²) >= 11 is 0. The lowest BCUT2D eigenvalue weighted by molar-refractivity contribution is -0.149. The second-order valence-corrected chi connectivity index (χ2v) is 4.93. The van der Waals surface area contributed by atoms with Gasteiger partial charge in [-0.2, -0.15) is 0 Å². The van der Waals surface area contributed by atoms with Crippen molar-refractivity contribution in [1.82, 2.24) is 5.32 Å². The van der Waals surface area contributed by atoms with Crippen molar-refractivity contribution in [3.8, 4) is 0 Å². The Kier molecular flexibility index (Phi) is 6.06. The standard InChI is InChI=1S/C13H19NO8/c1-5(2)12(19)14-9-6(16)3-8(13(20)21)22-11(9)10(18)7(17)4-15/h3,6-7,9-11,15-18H,1,4H2,2H3,(H,14,19)(H,20,21)/t6-,7?,9+,10+,11+/m0/s1. The van der Waals surface area contributed by atoms with Crippen molar-refractivity contribution in [2.75, 3.05) is 6.61 Å². The first-order valence-corrected chi connectivity index (χ1v) is 6.42. The van der Waals surface area contributed by atoms with Gasteiger partial charge in [0.05, 0.1) is 12.6 Å². The zero-order valence-corrected chi connectivity index (χ0v) is 11.8. The van der Waals surface area contributed by atoms with Gasteiger partial charge in [0, 0.05) is 5.57 Å². The van der Waals surface area contributed by atoms with Crippen molar-refractivity contribution in [2.45, 2.75) is 37.4 Å². The average molecular weight is 317 g/mol. The van der Waals surface area contributed by atoms with Gasteiger partial charge in [-0.25, -0.2) is 4.79 Å². The zero-order valence-electron chi connectivity index (χ0n) is 11.8. The maximum Gasteiger partial charge on any atom is 0.370 e. The van der Waals surface area contributed by atoms with Crippen molar-refractivity contribution in [1.29, 1.82) is 0 Å². The SMILES string of the molecule is C=C(C)C(=O)N[C@H]1[C@H]([C@H](O)C(O)CO)OC(C(=O)O)=C[C@@H]1O. The van der Waals surface area contributed by atoms with Gasteiger partial charge in [0.15, 0.2) is 6.10 Å². The number of aliphatic carboxylic acids is 1. The van der Waals surface area contributed by atoms with Crippen LogP contribution in [-0.4, -0.2) is 74.5 Å². The fourth-order valence-electron chi connectivity index (χ4n) is 1.89. The quantitative estimate of drug-likeness (QED) is 0.293. The monoisotopic (exact) mass is 317 g/mol. The van der Waals surface area contributed by atoms with E-state index in [1.54, 1.807) is 0 Å². The lowest BCUT2D eigenvalue weighted by Crippen LogP contribution is -2.60. The molecular weight excluding hydrogens is 298 g/mol. The third kappa shape index (κ3) is 4.04. The van der Waals surface area contributed by atoms with Crippen LogP contribution >= 0.6 is 0 Å². The first-order valence-electron chi connectivity index (χ1n) is 6.42. The number of rotatable bonds is 6. The van der Waals surface area contributed by atoms with Crippen LogP contribution in [0.5, 0.6) is 0 Å². The molecule has 0 aliphatic carbocycles. The van der Waals surface area contributed by atoms with E-state index in [2.05, 4.69) is 11.9 Å². The third-order valence-electron chi connectivity index (χ3n) is 3.12. The molecule has 22 heavy (non-hydrogen) atoms. The van der Waals surface area contributed by atoms with Gasteiger partial charge in [0.25, 0.3) is 0 Å². The number of hydrogen-bond acceptors (Lipinski definition) is 7. The first kappa shape index (κ1) is 18.1. The van der Waals surface area contributed by atoms with Crippen LogP contribution in [0.25, 0.3) is 0 Å². The number of nitrogens with one attached hydrogen (secondary N) is 1. The van der Waals surface area contributed by atoms with E-state index in [9.17, 15) is 24.9 Å². The van der Waals surface area contributed by atoms with E-state index in [0.717, 1.165) is 6.08 Å². The Bertz CT molecular complexity index is 488. The van der Waals surface area contributed by atoms with Gasteiger partial charge in [0.1, 0.15) is 18.3 Å². The Labute approximate surface area is 126 Å². The Hall–Kier alpha value is -1.94. The van der Waals surface area contributed by atoms with Gasteiger partial charge in [-0.05, 0) is 13.0 Å².